The number of morpholine rings is 1. The van der Waals surface area contributed by atoms with E-state index in [0.717, 1.165) is 60.9 Å². The first-order chi connectivity index (χ1) is 10.2. The van der Waals surface area contributed by atoms with Gasteiger partial charge in [-0.25, -0.2) is 4.98 Å². The number of halogens is 1. The third-order valence-corrected chi connectivity index (χ3v) is 3.96. The second-order valence-corrected chi connectivity index (χ2v) is 5.88. The highest BCUT2D eigenvalue weighted by Gasteiger charge is 2.12. The van der Waals surface area contributed by atoms with E-state index in [9.17, 15) is 0 Å². The van der Waals surface area contributed by atoms with E-state index in [4.69, 9.17) is 4.74 Å². The fourth-order valence-corrected chi connectivity index (χ4v) is 2.73. The van der Waals surface area contributed by atoms with Crippen LogP contribution in [-0.2, 0) is 11.3 Å². The van der Waals surface area contributed by atoms with Crippen molar-refractivity contribution in [3.63, 3.8) is 0 Å². The molecule has 1 aliphatic rings. The van der Waals surface area contributed by atoms with Gasteiger partial charge in [0.2, 0.25) is 0 Å². The largest absolute Gasteiger partial charge is 0.379 e. The summed E-state index contributed by atoms with van der Waals surface area (Å²) in [5.74, 6) is 0. The van der Waals surface area contributed by atoms with E-state index < -0.39 is 0 Å². The summed E-state index contributed by atoms with van der Waals surface area (Å²) >= 11 is 3.35. The predicted molar refractivity (Wildman–Crippen MR) is 82.9 cm³/mol. The molecular weight excluding hydrogens is 334 g/mol. The van der Waals surface area contributed by atoms with E-state index in [0.29, 0.717) is 0 Å². The maximum atomic E-state index is 5.36. The van der Waals surface area contributed by atoms with Crippen molar-refractivity contribution in [1.82, 2.24) is 24.6 Å². The summed E-state index contributed by atoms with van der Waals surface area (Å²) in [6, 6.07) is 0. The molecule has 0 aromatic carbocycles. The third kappa shape index (κ3) is 3.66. The van der Waals surface area contributed by atoms with Gasteiger partial charge in [-0.05, 0) is 22.9 Å². The average molecular weight is 352 g/mol. The summed E-state index contributed by atoms with van der Waals surface area (Å²) in [6.07, 6.45) is 5.50. The minimum atomic E-state index is 0.737. The Labute approximate surface area is 132 Å². The Hall–Kier alpha value is -1.31. The van der Waals surface area contributed by atoms with Crippen LogP contribution in [0.5, 0.6) is 0 Å². The number of hydrogen-bond donors (Lipinski definition) is 0. The summed E-state index contributed by atoms with van der Waals surface area (Å²) < 4.78 is 8.09. The van der Waals surface area contributed by atoms with E-state index in [-0.39, 0.29) is 0 Å². The van der Waals surface area contributed by atoms with Crippen LogP contribution >= 0.6 is 15.9 Å². The molecule has 0 atom stereocenters. The zero-order valence-electron chi connectivity index (χ0n) is 12.0. The molecule has 2 aromatic rings. The minimum absolute atomic E-state index is 0.737. The SMILES string of the molecule is Cc1nn(CCN2CCOCC2)cc1-c1cncc(Br)n1. The maximum Gasteiger partial charge on any atom is 0.125 e. The summed E-state index contributed by atoms with van der Waals surface area (Å²) in [6.45, 7) is 7.54. The molecule has 0 saturated carbocycles. The third-order valence-electron chi connectivity index (χ3n) is 3.58. The molecule has 0 N–H and O–H groups in total. The molecule has 7 heteroatoms. The highest BCUT2D eigenvalue weighted by atomic mass is 79.9. The number of ether oxygens (including phenoxy) is 1. The Bertz CT molecular complexity index is 609. The van der Waals surface area contributed by atoms with Gasteiger partial charge in [0, 0.05) is 31.4 Å². The highest BCUT2D eigenvalue weighted by Crippen LogP contribution is 2.21. The number of aromatic nitrogens is 4. The second-order valence-electron chi connectivity index (χ2n) is 5.07. The Morgan fingerprint density at radius 2 is 2.05 bits per heavy atom. The van der Waals surface area contributed by atoms with Gasteiger partial charge in [0.1, 0.15) is 4.60 Å². The van der Waals surface area contributed by atoms with Crippen LogP contribution < -0.4 is 0 Å². The molecule has 1 aliphatic heterocycles. The Morgan fingerprint density at radius 3 is 2.81 bits per heavy atom. The Kier molecular flexibility index (Phi) is 4.62. The van der Waals surface area contributed by atoms with Gasteiger partial charge < -0.3 is 4.74 Å². The van der Waals surface area contributed by atoms with E-state index in [1.807, 2.05) is 17.8 Å². The van der Waals surface area contributed by atoms with Crippen molar-refractivity contribution in [2.24, 2.45) is 0 Å². The molecule has 21 heavy (non-hydrogen) atoms. The van der Waals surface area contributed by atoms with Gasteiger partial charge in [-0.15, -0.1) is 0 Å². The molecular formula is C14H18BrN5O. The Morgan fingerprint density at radius 1 is 1.24 bits per heavy atom. The van der Waals surface area contributed by atoms with Crippen LogP contribution in [0.25, 0.3) is 11.3 Å². The molecule has 3 heterocycles. The van der Waals surface area contributed by atoms with Crippen LogP contribution in [0.4, 0.5) is 0 Å². The van der Waals surface area contributed by atoms with Crippen LogP contribution in [-0.4, -0.2) is 57.5 Å². The fraction of sp³-hybridized carbons (Fsp3) is 0.500. The average Bonchev–Trinajstić information content (AvgIpc) is 2.87. The fourth-order valence-electron chi connectivity index (χ4n) is 2.42. The van der Waals surface area contributed by atoms with Crippen molar-refractivity contribution >= 4 is 15.9 Å². The van der Waals surface area contributed by atoms with Gasteiger partial charge in [0.25, 0.3) is 0 Å². The lowest BCUT2D eigenvalue weighted by molar-refractivity contribution is 0.0359. The van der Waals surface area contributed by atoms with Crippen molar-refractivity contribution in [2.45, 2.75) is 13.5 Å². The standard InChI is InChI=1S/C14H18BrN5O/c1-11-12(13-8-16-9-14(15)17-13)10-20(18-11)3-2-19-4-6-21-7-5-19/h8-10H,2-7H2,1H3. The van der Waals surface area contributed by atoms with Crippen molar-refractivity contribution in [3.8, 4) is 11.3 Å². The molecule has 0 bridgehead atoms. The van der Waals surface area contributed by atoms with E-state index in [1.54, 1.807) is 12.4 Å². The smallest absolute Gasteiger partial charge is 0.125 e. The van der Waals surface area contributed by atoms with Crippen LogP contribution in [0.3, 0.4) is 0 Å². The molecule has 0 radical (unpaired) electrons. The quantitative estimate of drug-likeness (QED) is 0.839. The number of hydrogen-bond acceptors (Lipinski definition) is 5. The maximum absolute atomic E-state index is 5.36. The number of rotatable bonds is 4. The lowest BCUT2D eigenvalue weighted by Crippen LogP contribution is -2.38. The topological polar surface area (TPSA) is 56.1 Å². The van der Waals surface area contributed by atoms with Gasteiger partial charge in [-0.2, -0.15) is 5.10 Å². The predicted octanol–water partition coefficient (Wildman–Crippen LogP) is 1.74. The minimum Gasteiger partial charge on any atom is -0.379 e. The summed E-state index contributed by atoms with van der Waals surface area (Å²) in [7, 11) is 0. The van der Waals surface area contributed by atoms with E-state index in [2.05, 4.69) is 35.9 Å². The molecule has 0 aliphatic carbocycles. The van der Waals surface area contributed by atoms with Gasteiger partial charge >= 0.3 is 0 Å². The first-order valence-electron chi connectivity index (χ1n) is 7.04. The highest BCUT2D eigenvalue weighted by molar-refractivity contribution is 9.10. The normalized spacial score (nSPS) is 16.3. The molecule has 112 valence electrons. The van der Waals surface area contributed by atoms with Crippen molar-refractivity contribution < 1.29 is 4.74 Å². The molecule has 1 fully saturated rings. The molecule has 0 amide bonds. The molecule has 2 aromatic heterocycles. The molecule has 0 unspecified atom stereocenters. The summed E-state index contributed by atoms with van der Waals surface area (Å²) in [4.78, 5) is 11.0. The monoisotopic (exact) mass is 351 g/mol. The van der Waals surface area contributed by atoms with Crippen LogP contribution in [0.1, 0.15) is 5.69 Å². The molecule has 6 nitrogen and oxygen atoms in total. The van der Waals surface area contributed by atoms with Gasteiger partial charge in [-0.3, -0.25) is 14.6 Å². The van der Waals surface area contributed by atoms with Crippen molar-refractivity contribution in [1.29, 1.82) is 0 Å². The van der Waals surface area contributed by atoms with Crippen LogP contribution in [0, 0.1) is 6.92 Å². The van der Waals surface area contributed by atoms with E-state index in [1.165, 1.54) is 0 Å². The number of nitrogens with zero attached hydrogens (tertiary/aromatic N) is 5. The molecule has 0 spiro atoms. The number of aryl methyl sites for hydroxylation is 1. The van der Waals surface area contributed by atoms with Gasteiger partial charge in [0.05, 0.1) is 43.5 Å². The second kappa shape index (κ2) is 6.64. The zero-order valence-corrected chi connectivity index (χ0v) is 13.6. The van der Waals surface area contributed by atoms with Gasteiger partial charge in [0.15, 0.2) is 0 Å². The van der Waals surface area contributed by atoms with E-state index >= 15 is 0 Å². The lowest BCUT2D eigenvalue weighted by Gasteiger charge is -2.26. The lowest BCUT2D eigenvalue weighted by atomic mass is 10.2. The van der Waals surface area contributed by atoms with Crippen molar-refractivity contribution in [2.75, 3.05) is 32.8 Å². The Balaban J connectivity index is 1.69. The first kappa shape index (κ1) is 14.6. The van der Waals surface area contributed by atoms with Crippen LogP contribution in [0.2, 0.25) is 0 Å². The van der Waals surface area contributed by atoms with Crippen molar-refractivity contribution in [3.05, 3.63) is 28.9 Å². The zero-order chi connectivity index (χ0) is 14.7. The summed E-state index contributed by atoms with van der Waals surface area (Å²) in [5, 5.41) is 4.58. The first-order valence-corrected chi connectivity index (χ1v) is 7.84. The molecule has 3 rings (SSSR count). The molecule has 1 saturated heterocycles. The summed E-state index contributed by atoms with van der Waals surface area (Å²) in [5.41, 5.74) is 2.86. The van der Waals surface area contributed by atoms with Gasteiger partial charge in [-0.1, -0.05) is 0 Å². The van der Waals surface area contributed by atoms with Crippen LogP contribution in [0.15, 0.2) is 23.2 Å².